The van der Waals surface area contributed by atoms with Crippen LogP contribution in [0.2, 0.25) is 0 Å². The molecule has 1 unspecified atom stereocenters. The largest absolute Gasteiger partial charge is 0.297 e. The first kappa shape index (κ1) is 15.6. The second kappa shape index (κ2) is 7.24. The van der Waals surface area contributed by atoms with Gasteiger partial charge in [0.05, 0.1) is 0 Å². The van der Waals surface area contributed by atoms with Crippen LogP contribution >= 0.6 is 11.3 Å². The Labute approximate surface area is 115 Å². The lowest BCUT2D eigenvalue weighted by atomic mass is 9.89. The lowest BCUT2D eigenvalue weighted by Crippen LogP contribution is -2.59. The van der Waals surface area contributed by atoms with Gasteiger partial charge >= 0.3 is 0 Å². The van der Waals surface area contributed by atoms with Crippen LogP contribution in [0.5, 0.6) is 0 Å². The van der Waals surface area contributed by atoms with E-state index in [1.807, 2.05) is 11.3 Å². The number of hydrazine groups is 1. The van der Waals surface area contributed by atoms with Crippen molar-refractivity contribution in [1.82, 2.24) is 10.3 Å². The molecule has 0 aliphatic rings. The highest BCUT2D eigenvalue weighted by atomic mass is 32.1. The van der Waals surface area contributed by atoms with Crippen molar-refractivity contribution in [3.05, 3.63) is 22.4 Å². The molecule has 4 heteroatoms. The lowest BCUT2D eigenvalue weighted by Gasteiger charge is -2.43. The van der Waals surface area contributed by atoms with Gasteiger partial charge in [0.15, 0.2) is 0 Å². The van der Waals surface area contributed by atoms with Crippen LogP contribution in [0.25, 0.3) is 0 Å². The van der Waals surface area contributed by atoms with Crippen molar-refractivity contribution in [2.45, 2.75) is 52.1 Å². The molecule has 0 aliphatic heterocycles. The Kier molecular flexibility index (Phi) is 6.29. The van der Waals surface area contributed by atoms with Crippen molar-refractivity contribution >= 4 is 11.3 Å². The van der Waals surface area contributed by atoms with Crippen LogP contribution in [0.15, 0.2) is 17.5 Å². The predicted octanol–water partition coefficient (Wildman–Crippen LogP) is 2.63. The monoisotopic (exact) mass is 269 g/mol. The number of hydrogen-bond donors (Lipinski definition) is 2. The van der Waals surface area contributed by atoms with Crippen molar-refractivity contribution < 1.29 is 0 Å². The molecule has 0 radical (unpaired) electrons. The molecule has 0 aliphatic carbocycles. The highest BCUT2D eigenvalue weighted by molar-refractivity contribution is 7.09. The van der Waals surface area contributed by atoms with Gasteiger partial charge in [0.1, 0.15) is 0 Å². The van der Waals surface area contributed by atoms with Crippen LogP contribution in [-0.2, 0) is 6.42 Å². The third-order valence-electron chi connectivity index (χ3n) is 3.89. The van der Waals surface area contributed by atoms with Crippen LogP contribution in [0, 0.1) is 0 Å². The van der Waals surface area contributed by atoms with Gasteiger partial charge in [0, 0.05) is 16.5 Å². The Morgan fingerprint density at radius 2 is 2.06 bits per heavy atom. The van der Waals surface area contributed by atoms with E-state index >= 15 is 0 Å². The fraction of sp³-hybridized carbons (Fsp3) is 0.714. The van der Waals surface area contributed by atoms with E-state index in [0.29, 0.717) is 6.04 Å². The molecule has 1 aromatic heterocycles. The maximum atomic E-state index is 5.77. The van der Waals surface area contributed by atoms with Gasteiger partial charge in [-0.1, -0.05) is 19.9 Å². The highest BCUT2D eigenvalue weighted by Crippen LogP contribution is 2.23. The molecule has 3 N–H and O–H groups in total. The average molecular weight is 269 g/mol. The summed E-state index contributed by atoms with van der Waals surface area (Å²) < 4.78 is 0. The van der Waals surface area contributed by atoms with E-state index in [1.165, 1.54) is 4.88 Å². The third-order valence-corrected chi connectivity index (χ3v) is 4.83. The molecule has 104 valence electrons. The topological polar surface area (TPSA) is 41.3 Å². The zero-order chi connectivity index (χ0) is 13.6. The van der Waals surface area contributed by atoms with E-state index in [2.05, 4.69) is 55.5 Å². The predicted molar refractivity (Wildman–Crippen MR) is 80.8 cm³/mol. The number of nitrogens with zero attached hydrogens (tertiary/aromatic N) is 1. The van der Waals surface area contributed by atoms with Gasteiger partial charge < -0.3 is 0 Å². The molecule has 0 saturated carbocycles. The summed E-state index contributed by atoms with van der Waals surface area (Å²) in [6.45, 7) is 11.1. The van der Waals surface area contributed by atoms with Gasteiger partial charge in [-0.3, -0.25) is 16.2 Å². The number of aryl methyl sites for hydroxylation is 1. The fourth-order valence-electron chi connectivity index (χ4n) is 2.64. The first-order valence-corrected chi connectivity index (χ1v) is 7.67. The summed E-state index contributed by atoms with van der Waals surface area (Å²) in [7, 11) is 0. The quantitative estimate of drug-likeness (QED) is 0.563. The molecule has 0 amide bonds. The van der Waals surface area contributed by atoms with Crippen LogP contribution in [0.4, 0.5) is 0 Å². The maximum Gasteiger partial charge on any atom is 0.0392 e. The summed E-state index contributed by atoms with van der Waals surface area (Å²) >= 11 is 1.82. The average Bonchev–Trinajstić information content (AvgIpc) is 2.83. The van der Waals surface area contributed by atoms with Crippen molar-refractivity contribution in [2.24, 2.45) is 5.84 Å². The number of thiophene rings is 1. The first-order chi connectivity index (χ1) is 8.56. The summed E-state index contributed by atoms with van der Waals surface area (Å²) in [4.78, 5) is 3.90. The molecule has 1 atom stereocenters. The minimum absolute atomic E-state index is 0.0789. The van der Waals surface area contributed by atoms with Crippen LogP contribution in [0.1, 0.15) is 39.0 Å². The zero-order valence-corrected chi connectivity index (χ0v) is 12.9. The molecule has 0 bridgehead atoms. The van der Waals surface area contributed by atoms with Crippen LogP contribution in [0.3, 0.4) is 0 Å². The van der Waals surface area contributed by atoms with Gasteiger partial charge in [0.25, 0.3) is 0 Å². The number of rotatable bonds is 8. The fourth-order valence-corrected chi connectivity index (χ4v) is 3.37. The minimum atomic E-state index is 0.0789. The van der Waals surface area contributed by atoms with Crippen molar-refractivity contribution in [3.8, 4) is 0 Å². The van der Waals surface area contributed by atoms with Crippen LogP contribution in [-0.4, -0.2) is 29.6 Å². The van der Waals surface area contributed by atoms with E-state index < -0.39 is 0 Å². The molecule has 0 fully saturated rings. The Balaban J connectivity index is 2.63. The summed E-state index contributed by atoms with van der Waals surface area (Å²) in [6.07, 6.45) is 2.16. The van der Waals surface area contributed by atoms with E-state index in [-0.39, 0.29) is 5.54 Å². The standard InChI is InChI=1S/C14H27N3S/c1-5-17(6-2)14(3,4)13(16-15)10-9-12-8-7-11-18-12/h7-8,11,13,16H,5-6,9-10,15H2,1-4H3. The summed E-state index contributed by atoms with van der Waals surface area (Å²) in [6, 6.07) is 4.61. The molecular weight excluding hydrogens is 242 g/mol. The van der Waals surface area contributed by atoms with Gasteiger partial charge in [-0.15, -0.1) is 11.3 Å². The number of hydrogen-bond acceptors (Lipinski definition) is 4. The maximum absolute atomic E-state index is 5.77. The van der Waals surface area contributed by atoms with Crippen molar-refractivity contribution in [2.75, 3.05) is 13.1 Å². The second-order valence-corrected chi connectivity index (χ2v) is 6.20. The van der Waals surface area contributed by atoms with Crippen LogP contribution < -0.4 is 11.3 Å². The van der Waals surface area contributed by atoms with E-state index in [4.69, 9.17) is 5.84 Å². The Bertz CT molecular complexity index is 318. The molecule has 0 saturated heterocycles. The molecule has 1 heterocycles. The summed E-state index contributed by atoms with van der Waals surface area (Å²) in [5.74, 6) is 5.77. The molecule has 0 aromatic carbocycles. The van der Waals surface area contributed by atoms with E-state index in [1.54, 1.807) is 0 Å². The zero-order valence-electron chi connectivity index (χ0n) is 12.1. The van der Waals surface area contributed by atoms with E-state index in [9.17, 15) is 0 Å². The molecule has 1 rings (SSSR count). The first-order valence-electron chi connectivity index (χ1n) is 6.79. The Morgan fingerprint density at radius 3 is 2.50 bits per heavy atom. The van der Waals surface area contributed by atoms with Crippen molar-refractivity contribution in [3.63, 3.8) is 0 Å². The molecule has 0 spiro atoms. The Morgan fingerprint density at radius 1 is 1.39 bits per heavy atom. The minimum Gasteiger partial charge on any atom is -0.297 e. The van der Waals surface area contributed by atoms with Gasteiger partial charge in [-0.25, -0.2) is 0 Å². The molecule has 18 heavy (non-hydrogen) atoms. The molecular formula is C14H27N3S. The Hall–Kier alpha value is -0.420. The molecule has 1 aromatic rings. The van der Waals surface area contributed by atoms with Gasteiger partial charge in [0.2, 0.25) is 0 Å². The molecule has 3 nitrogen and oxygen atoms in total. The van der Waals surface area contributed by atoms with Crippen molar-refractivity contribution in [1.29, 1.82) is 0 Å². The number of likely N-dealkylation sites (N-methyl/N-ethyl adjacent to an activating group) is 1. The SMILES string of the molecule is CCN(CC)C(C)(C)C(CCc1cccs1)NN. The van der Waals surface area contributed by atoms with Gasteiger partial charge in [-0.05, 0) is 51.2 Å². The second-order valence-electron chi connectivity index (χ2n) is 5.16. The number of nitrogens with two attached hydrogens (primary N) is 1. The summed E-state index contributed by atoms with van der Waals surface area (Å²) in [5, 5.41) is 2.13. The van der Waals surface area contributed by atoms with E-state index in [0.717, 1.165) is 25.9 Å². The number of nitrogens with one attached hydrogen (secondary N) is 1. The smallest absolute Gasteiger partial charge is 0.0392 e. The lowest BCUT2D eigenvalue weighted by molar-refractivity contribution is 0.0878. The van der Waals surface area contributed by atoms with Gasteiger partial charge in [-0.2, -0.15) is 0 Å². The highest BCUT2D eigenvalue weighted by Gasteiger charge is 2.32. The summed E-state index contributed by atoms with van der Waals surface area (Å²) in [5.41, 5.74) is 3.10. The third kappa shape index (κ3) is 3.79. The normalized spacial score (nSPS) is 14.1.